The van der Waals surface area contributed by atoms with Crippen LogP contribution in [0.4, 0.5) is 0 Å². The second-order valence-electron chi connectivity index (χ2n) is 5.55. The predicted molar refractivity (Wildman–Crippen MR) is 77.0 cm³/mol. The molecule has 6 heteroatoms. The van der Waals surface area contributed by atoms with Gasteiger partial charge in [-0.15, -0.1) is 0 Å². The zero-order valence-electron chi connectivity index (χ0n) is 12.3. The Balaban J connectivity index is 1.72. The fraction of sp³-hybridized carbons (Fsp3) is 0.533. The van der Waals surface area contributed by atoms with E-state index in [0.717, 1.165) is 25.7 Å². The maximum atomic E-state index is 12.6. The van der Waals surface area contributed by atoms with E-state index < -0.39 is 0 Å². The first-order chi connectivity index (χ1) is 10.2. The lowest BCUT2D eigenvalue weighted by atomic mass is 9.91. The van der Waals surface area contributed by atoms with Crippen LogP contribution in [0.3, 0.4) is 0 Å². The largest absolute Gasteiger partial charge is 0.381 e. The standard InChI is InChI=1S/C15H19N3O3/c1-18(11-4-6-12(20-2)7-5-11)15(19)10-3-8-13-14(9-10)17-21-16-13/h3,8-9,11-12H,4-7H2,1-2H3. The van der Waals surface area contributed by atoms with E-state index in [-0.39, 0.29) is 11.9 Å². The van der Waals surface area contributed by atoms with E-state index in [1.165, 1.54) is 0 Å². The molecule has 1 heterocycles. The van der Waals surface area contributed by atoms with Crippen LogP contribution in [0.25, 0.3) is 11.0 Å². The van der Waals surface area contributed by atoms with Crippen molar-refractivity contribution in [3.63, 3.8) is 0 Å². The van der Waals surface area contributed by atoms with E-state index in [0.29, 0.717) is 22.7 Å². The molecule has 6 nitrogen and oxygen atoms in total. The van der Waals surface area contributed by atoms with Gasteiger partial charge >= 0.3 is 0 Å². The lowest BCUT2D eigenvalue weighted by Crippen LogP contribution is -2.40. The molecule has 1 saturated carbocycles. The summed E-state index contributed by atoms with van der Waals surface area (Å²) >= 11 is 0. The summed E-state index contributed by atoms with van der Waals surface area (Å²) in [6.07, 6.45) is 4.31. The van der Waals surface area contributed by atoms with Crippen LogP contribution in [0, 0.1) is 0 Å². The van der Waals surface area contributed by atoms with E-state index in [9.17, 15) is 4.79 Å². The van der Waals surface area contributed by atoms with Crippen molar-refractivity contribution in [3.05, 3.63) is 23.8 Å². The summed E-state index contributed by atoms with van der Waals surface area (Å²) < 4.78 is 10.0. The van der Waals surface area contributed by atoms with Gasteiger partial charge in [0.05, 0.1) is 6.10 Å². The quantitative estimate of drug-likeness (QED) is 0.867. The first-order valence-electron chi connectivity index (χ1n) is 7.21. The lowest BCUT2D eigenvalue weighted by molar-refractivity contribution is 0.0386. The Morgan fingerprint density at radius 1 is 1.24 bits per heavy atom. The number of carbonyl (C=O) groups is 1. The highest BCUT2D eigenvalue weighted by Crippen LogP contribution is 2.25. The van der Waals surface area contributed by atoms with Gasteiger partial charge < -0.3 is 9.64 Å². The van der Waals surface area contributed by atoms with Crippen LogP contribution in [0.15, 0.2) is 22.8 Å². The highest BCUT2D eigenvalue weighted by molar-refractivity contribution is 5.97. The average molecular weight is 289 g/mol. The Bertz CT molecular complexity index is 632. The van der Waals surface area contributed by atoms with Gasteiger partial charge in [-0.25, -0.2) is 4.63 Å². The summed E-state index contributed by atoms with van der Waals surface area (Å²) in [6, 6.07) is 5.53. The van der Waals surface area contributed by atoms with E-state index in [4.69, 9.17) is 4.74 Å². The molecule has 0 bridgehead atoms. The molecule has 1 aromatic heterocycles. The van der Waals surface area contributed by atoms with Gasteiger partial charge in [-0.1, -0.05) is 0 Å². The number of fused-ring (bicyclic) bond motifs is 1. The SMILES string of the molecule is COC1CCC(N(C)C(=O)c2ccc3nonc3c2)CC1. The maximum absolute atomic E-state index is 12.6. The van der Waals surface area contributed by atoms with Gasteiger partial charge in [0.2, 0.25) is 0 Å². The number of hydrogen-bond donors (Lipinski definition) is 0. The van der Waals surface area contributed by atoms with Crippen molar-refractivity contribution >= 4 is 16.9 Å². The van der Waals surface area contributed by atoms with Gasteiger partial charge in [-0.05, 0) is 54.2 Å². The van der Waals surface area contributed by atoms with Crippen LogP contribution in [0.5, 0.6) is 0 Å². The van der Waals surface area contributed by atoms with Crippen LogP contribution in [0.2, 0.25) is 0 Å². The number of hydrogen-bond acceptors (Lipinski definition) is 5. The van der Waals surface area contributed by atoms with Gasteiger partial charge in [-0.2, -0.15) is 0 Å². The highest BCUT2D eigenvalue weighted by atomic mass is 16.6. The average Bonchev–Trinajstić information content (AvgIpc) is 3.01. The molecule has 1 amide bonds. The normalized spacial score (nSPS) is 22.4. The minimum absolute atomic E-state index is 0.0146. The summed E-state index contributed by atoms with van der Waals surface area (Å²) in [6.45, 7) is 0. The zero-order chi connectivity index (χ0) is 14.8. The first-order valence-corrected chi connectivity index (χ1v) is 7.21. The molecule has 0 aliphatic heterocycles. The van der Waals surface area contributed by atoms with Crippen LogP contribution < -0.4 is 0 Å². The fourth-order valence-electron chi connectivity index (χ4n) is 2.95. The Morgan fingerprint density at radius 2 is 1.95 bits per heavy atom. The summed E-state index contributed by atoms with van der Waals surface area (Å²) in [7, 11) is 3.62. The monoisotopic (exact) mass is 289 g/mol. The third kappa shape index (κ3) is 2.76. The van der Waals surface area contributed by atoms with Crippen LogP contribution in [0.1, 0.15) is 36.0 Å². The predicted octanol–water partition coefficient (Wildman–Crippen LogP) is 2.25. The number of nitrogens with zero attached hydrogens (tertiary/aromatic N) is 3. The van der Waals surface area contributed by atoms with E-state index in [1.807, 2.05) is 11.9 Å². The van der Waals surface area contributed by atoms with Crippen molar-refractivity contribution in [1.82, 2.24) is 15.2 Å². The molecule has 0 saturated heterocycles. The Morgan fingerprint density at radius 3 is 2.67 bits per heavy atom. The van der Waals surface area contributed by atoms with Crippen LogP contribution in [-0.4, -0.2) is 47.4 Å². The lowest BCUT2D eigenvalue weighted by Gasteiger charge is -2.34. The molecule has 0 atom stereocenters. The van der Waals surface area contributed by atoms with Crippen molar-refractivity contribution < 1.29 is 14.2 Å². The molecule has 0 unspecified atom stereocenters. The topological polar surface area (TPSA) is 68.5 Å². The summed E-state index contributed by atoms with van der Waals surface area (Å²) in [5, 5.41) is 7.53. The Hall–Kier alpha value is -1.95. The van der Waals surface area contributed by atoms with Crippen molar-refractivity contribution in [3.8, 4) is 0 Å². The maximum Gasteiger partial charge on any atom is 0.253 e. The number of carbonyl (C=O) groups excluding carboxylic acids is 1. The summed E-state index contributed by atoms with van der Waals surface area (Å²) in [4.78, 5) is 14.4. The molecule has 1 aliphatic carbocycles. The Labute approximate surface area is 123 Å². The van der Waals surface area contributed by atoms with Crippen molar-refractivity contribution in [1.29, 1.82) is 0 Å². The zero-order valence-corrected chi connectivity index (χ0v) is 12.3. The third-order valence-corrected chi connectivity index (χ3v) is 4.35. The van der Waals surface area contributed by atoms with Gasteiger partial charge in [0.1, 0.15) is 11.0 Å². The number of benzene rings is 1. The first kappa shape index (κ1) is 14.0. The number of aromatic nitrogens is 2. The molecular formula is C15H19N3O3. The minimum Gasteiger partial charge on any atom is -0.381 e. The molecule has 21 heavy (non-hydrogen) atoms. The van der Waals surface area contributed by atoms with Crippen LogP contribution in [-0.2, 0) is 4.74 Å². The summed E-state index contributed by atoms with van der Waals surface area (Å²) in [5.74, 6) is 0.0146. The molecule has 2 aromatic rings. The second kappa shape index (κ2) is 5.81. The number of rotatable bonds is 3. The molecule has 0 N–H and O–H groups in total. The highest BCUT2D eigenvalue weighted by Gasteiger charge is 2.27. The number of methoxy groups -OCH3 is 1. The fourth-order valence-corrected chi connectivity index (χ4v) is 2.95. The van der Waals surface area contributed by atoms with Gasteiger partial charge in [0, 0.05) is 25.8 Å². The van der Waals surface area contributed by atoms with E-state index in [1.54, 1.807) is 25.3 Å². The molecule has 1 fully saturated rings. The Kier molecular flexibility index (Phi) is 3.88. The molecule has 0 spiro atoms. The number of ether oxygens (including phenoxy) is 1. The third-order valence-electron chi connectivity index (χ3n) is 4.35. The van der Waals surface area contributed by atoms with E-state index in [2.05, 4.69) is 14.9 Å². The van der Waals surface area contributed by atoms with Gasteiger partial charge in [0.15, 0.2) is 0 Å². The molecule has 112 valence electrons. The van der Waals surface area contributed by atoms with Gasteiger partial charge in [0.25, 0.3) is 5.91 Å². The summed E-state index contributed by atoms with van der Waals surface area (Å²) in [5.41, 5.74) is 1.89. The molecular weight excluding hydrogens is 270 g/mol. The number of amides is 1. The molecule has 0 radical (unpaired) electrons. The van der Waals surface area contributed by atoms with Gasteiger partial charge in [-0.3, -0.25) is 4.79 Å². The van der Waals surface area contributed by atoms with E-state index >= 15 is 0 Å². The van der Waals surface area contributed by atoms with Crippen molar-refractivity contribution in [2.75, 3.05) is 14.2 Å². The van der Waals surface area contributed by atoms with Crippen molar-refractivity contribution in [2.45, 2.75) is 37.8 Å². The minimum atomic E-state index is 0.0146. The smallest absolute Gasteiger partial charge is 0.253 e. The molecule has 1 aliphatic rings. The van der Waals surface area contributed by atoms with Crippen LogP contribution >= 0.6 is 0 Å². The molecule has 1 aromatic carbocycles. The second-order valence-corrected chi connectivity index (χ2v) is 5.55. The van der Waals surface area contributed by atoms with Crippen molar-refractivity contribution in [2.24, 2.45) is 0 Å². The molecule has 3 rings (SSSR count).